The summed E-state index contributed by atoms with van der Waals surface area (Å²) in [5.74, 6) is 0. The van der Waals surface area contributed by atoms with E-state index in [1.54, 1.807) is 0 Å². The lowest BCUT2D eigenvalue weighted by molar-refractivity contribution is 0.601. The van der Waals surface area contributed by atoms with Gasteiger partial charge in [0.2, 0.25) is 0 Å². The average Bonchev–Trinajstić information content (AvgIpc) is 2.93. The highest BCUT2D eigenvalue weighted by atomic mass is 15.3. The van der Waals surface area contributed by atoms with Crippen LogP contribution in [0.2, 0.25) is 0 Å². The maximum absolute atomic E-state index is 5.81. The minimum Gasteiger partial charge on any atom is -0.399 e. The van der Waals surface area contributed by atoms with Gasteiger partial charge in [-0.1, -0.05) is 0 Å². The molecule has 5 heteroatoms. The molecule has 0 aliphatic carbocycles. The first-order valence-electron chi connectivity index (χ1n) is 5.92. The Balaban J connectivity index is 1.87. The minimum absolute atomic E-state index is 0.768. The number of fused-ring (bicyclic) bond motifs is 1. The van der Waals surface area contributed by atoms with Crippen LogP contribution in [0.5, 0.6) is 0 Å². The van der Waals surface area contributed by atoms with E-state index in [-0.39, 0.29) is 0 Å². The van der Waals surface area contributed by atoms with E-state index in [9.17, 15) is 0 Å². The number of aryl methyl sites for hydroxylation is 3. The Bertz CT molecular complexity index is 680. The van der Waals surface area contributed by atoms with Crippen LogP contribution in [0.1, 0.15) is 5.69 Å². The third-order valence-electron chi connectivity index (χ3n) is 3.17. The van der Waals surface area contributed by atoms with Crippen molar-refractivity contribution >= 4 is 16.6 Å². The van der Waals surface area contributed by atoms with E-state index in [0.717, 1.165) is 29.6 Å². The summed E-state index contributed by atoms with van der Waals surface area (Å²) in [7, 11) is 1.95. The summed E-state index contributed by atoms with van der Waals surface area (Å²) in [6.45, 7) is 0.826. The molecule has 1 aromatic carbocycles. The molecule has 0 aliphatic heterocycles. The van der Waals surface area contributed by atoms with Gasteiger partial charge in [-0.25, -0.2) is 0 Å². The summed E-state index contributed by atoms with van der Waals surface area (Å²) in [5, 5.41) is 9.68. The molecule has 0 saturated heterocycles. The van der Waals surface area contributed by atoms with Gasteiger partial charge in [-0.15, -0.1) is 0 Å². The van der Waals surface area contributed by atoms with Crippen LogP contribution in [0.25, 0.3) is 10.9 Å². The Morgan fingerprint density at radius 2 is 2.11 bits per heavy atom. The number of nitrogens with zero attached hydrogens (tertiary/aromatic N) is 4. The van der Waals surface area contributed by atoms with Crippen LogP contribution in [0.3, 0.4) is 0 Å². The topological polar surface area (TPSA) is 61.7 Å². The van der Waals surface area contributed by atoms with Crippen molar-refractivity contribution in [2.45, 2.75) is 13.0 Å². The van der Waals surface area contributed by atoms with Crippen molar-refractivity contribution in [3.63, 3.8) is 0 Å². The van der Waals surface area contributed by atoms with Crippen LogP contribution >= 0.6 is 0 Å². The van der Waals surface area contributed by atoms with Gasteiger partial charge in [-0.3, -0.25) is 9.36 Å². The van der Waals surface area contributed by atoms with Gasteiger partial charge in [0.25, 0.3) is 0 Å². The molecule has 2 aromatic heterocycles. The monoisotopic (exact) mass is 241 g/mol. The van der Waals surface area contributed by atoms with Crippen molar-refractivity contribution in [1.29, 1.82) is 0 Å². The first kappa shape index (κ1) is 10.8. The molecule has 0 atom stereocenters. The molecule has 0 aliphatic rings. The van der Waals surface area contributed by atoms with E-state index in [4.69, 9.17) is 5.73 Å². The highest BCUT2D eigenvalue weighted by Gasteiger charge is 2.04. The standard InChI is InChI=1S/C13H15N5/c1-17-12(4-6-15-17)5-7-18-13-8-11(14)3-2-10(13)9-16-18/h2-4,6,8-9H,5,7,14H2,1H3. The first-order chi connectivity index (χ1) is 8.74. The smallest absolute Gasteiger partial charge is 0.0703 e. The molecule has 0 radical (unpaired) electrons. The number of rotatable bonds is 3. The lowest BCUT2D eigenvalue weighted by Gasteiger charge is -2.04. The number of hydrogen-bond acceptors (Lipinski definition) is 3. The Labute approximate surface area is 105 Å². The van der Waals surface area contributed by atoms with E-state index in [1.165, 1.54) is 5.69 Å². The fourth-order valence-electron chi connectivity index (χ4n) is 2.13. The van der Waals surface area contributed by atoms with Crippen molar-refractivity contribution in [2.75, 3.05) is 5.73 Å². The molecule has 2 N–H and O–H groups in total. The number of nitrogen functional groups attached to an aromatic ring is 1. The summed E-state index contributed by atoms with van der Waals surface area (Å²) in [5.41, 5.74) is 8.86. The molecule has 92 valence electrons. The molecule has 0 bridgehead atoms. The van der Waals surface area contributed by atoms with Gasteiger partial charge in [0.15, 0.2) is 0 Å². The second kappa shape index (κ2) is 4.18. The quantitative estimate of drug-likeness (QED) is 0.708. The van der Waals surface area contributed by atoms with Crippen LogP contribution in [-0.4, -0.2) is 19.6 Å². The third-order valence-corrected chi connectivity index (χ3v) is 3.17. The van der Waals surface area contributed by atoms with E-state index < -0.39 is 0 Å². The molecular weight excluding hydrogens is 226 g/mol. The van der Waals surface area contributed by atoms with E-state index in [1.807, 2.05) is 53.1 Å². The fraction of sp³-hybridized carbons (Fsp3) is 0.231. The highest BCUT2D eigenvalue weighted by molar-refractivity contribution is 5.81. The molecule has 0 saturated carbocycles. The van der Waals surface area contributed by atoms with Crippen LogP contribution < -0.4 is 5.73 Å². The van der Waals surface area contributed by atoms with Gasteiger partial charge in [-0.05, 0) is 24.3 Å². The molecular formula is C13H15N5. The highest BCUT2D eigenvalue weighted by Crippen LogP contribution is 2.17. The fourth-order valence-corrected chi connectivity index (χ4v) is 2.13. The third kappa shape index (κ3) is 1.84. The van der Waals surface area contributed by atoms with Crippen LogP contribution in [0.4, 0.5) is 5.69 Å². The van der Waals surface area contributed by atoms with Gasteiger partial charge in [0.05, 0.1) is 11.7 Å². The molecule has 0 unspecified atom stereocenters. The summed E-state index contributed by atoms with van der Waals surface area (Å²) in [6, 6.07) is 7.89. The van der Waals surface area contributed by atoms with Crippen molar-refractivity contribution in [1.82, 2.24) is 19.6 Å². The lowest BCUT2D eigenvalue weighted by atomic mass is 10.2. The summed E-state index contributed by atoms with van der Waals surface area (Å²) >= 11 is 0. The SMILES string of the molecule is Cn1nccc1CCn1ncc2ccc(N)cc21. The Morgan fingerprint density at radius 1 is 1.22 bits per heavy atom. The Morgan fingerprint density at radius 3 is 2.89 bits per heavy atom. The first-order valence-corrected chi connectivity index (χ1v) is 5.92. The van der Waals surface area contributed by atoms with Gasteiger partial charge >= 0.3 is 0 Å². The van der Waals surface area contributed by atoms with Gasteiger partial charge in [0.1, 0.15) is 0 Å². The lowest BCUT2D eigenvalue weighted by Crippen LogP contribution is -2.06. The zero-order valence-corrected chi connectivity index (χ0v) is 10.2. The van der Waals surface area contributed by atoms with E-state index >= 15 is 0 Å². The molecule has 0 spiro atoms. The van der Waals surface area contributed by atoms with Crippen molar-refractivity contribution < 1.29 is 0 Å². The summed E-state index contributed by atoms with van der Waals surface area (Å²) < 4.78 is 3.87. The van der Waals surface area contributed by atoms with Crippen LogP contribution in [0, 0.1) is 0 Å². The number of benzene rings is 1. The molecule has 18 heavy (non-hydrogen) atoms. The second-order valence-electron chi connectivity index (χ2n) is 4.38. The predicted octanol–water partition coefficient (Wildman–Crippen LogP) is 1.59. The number of nitrogens with two attached hydrogens (primary N) is 1. The maximum Gasteiger partial charge on any atom is 0.0703 e. The van der Waals surface area contributed by atoms with E-state index in [2.05, 4.69) is 10.2 Å². The molecule has 3 rings (SSSR count). The van der Waals surface area contributed by atoms with Gasteiger partial charge in [-0.2, -0.15) is 10.2 Å². The normalized spacial score (nSPS) is 11.2. The average molecular weight is 241 g/mol. The molecule has 3 aromatic rings. The van der Waals surface area contributed by atoms with E-state index in [0.29, 0.717) is 0 Å². The number of anilines is 1. The number of aromatic nitrogens is 4. The second-order valence-corrected chi connectivity index (χ2v) is 4.38. The molecule has 0 fully saturated rings. The zero-order chi connectivity index (χ0) is 12.5. The van der Waals surface area contributed by atoms with Crippen LogP contribution in [-0.2, 0) is 20.0 Å². The molecule has 5 nitrogen and oxygen atoms in total. The predicted molar refractivity (Wildman–Crippen MR) is 71.1 cm³/mol. The maximum atomic E-state index is 5.81. The van der Waals surface area contributed by atoms with Crippen molar-refractivity contribution in [2.24, 2.45) is 7.05 Å². The summed E-state index contributed by atoms with van der Waals surface area (Å²) in [6.07, 6.45) is 4.59. The Kier molecular flexibility index (Phi) is 2.51. The van der Waals surface area contributed by atoms with Crippen molar-refractivity contribution in [3.8, 4) is 0 Å². The van der Waals surface area contributed by atoms with Crippen LogP contribution in [0.15, 0.2) is 36.7 Å². The zero-order valence-electron chi connectivity index (χ0n) is 10.2. The molecule has 0 amide bonds. The van der Waals surface area contributed by atoms with Gasteiger partial charge in [0, 0.05) is 43.0 Å². The Hall–Kier alpha value is -2.30. The van der Waals surface area contributed by atoms with Gasteiger partial charge < -0.3 is 5.73 Å². The molecule has 2 heterocycles. The minimum atomic E-state index is 0.768. The van der Waals surface area contributed by atoms with Crippen molar-refractivity contribution in [3.05, 3.63) is 42.4 Å². The largest absolute Gasteiger partial charge is 0.399 e. The summed E-state index contributed by atoms with van der Waals surface area (Å²) in [4.78, 5) is 0. The number of hydrogen-bond donors (Lipinski definition) is 1.